The molecule has 1 saturated heterocycles. The second kappa shape index (κ2) is 9.89. The van der Waals surface area contributed by atoms with Gasteiger partial charge in [-0.2, -0.15) is 5.10 Å². The summed E-state index contributed by atoms with van der Waals surface area (Å²) in [7, 11) is 0. The van der Waals surface area contributed by atoms with Crippen LogP contribution in [0.3, 0.4) is 0 Å². The quantitative estimate of drug-likeness (QED) is 0.394. The number of guanidine groups is 1. The molecule has 1 fully saturated rings. The molecule has 26 heavy (non-hydrogen) atoms. The van der Waals surface area contributed by atoms with Crippen molar-refractivity contribution in [2.75, 3.05) is 19.6 Å². The Hall–Kier alpha value is -1.65. The molecule has 3 rings (SSSR count). The fourth-order valence-electron chi connectivity index (χ4n) is 3.03. The van der Waals surface area contributed by atoms with Gasteiger partial charge in [0.2, 0.25) is 0 Å². The minimum atomic E-state index is 0. The van der Waals surface area contributed by atoms with Gasteiger partial charge in [0.15, 0.2) is 11.7 Å². The van der Waals surface area contributed by atoms with Gasteiger partial charge in [0.05, 0.1) is 5.69 Å². The van der Waals surface area contributed by atoms with Crippen LogP contribution in [0.2, 0.25) is 0 Å². The number of halogens is 1. The normalized spacial score (nSPS) is 16.0. The predicted molar refractivity (Wildman–Crippen MR) is 111 cm³/mol. The van der Waals surface area contributed by atoms with Crippen molar-refractivity contribution in [3.63, 3.8) is 0 Å². The van der Waals surface area contributed by atoms with Gasteiger partial charge in [-0.3, -0.25) is 5.10 Å². The number of likely N-dealkylation sites (tertiary alicyclic amines) is 1. The molecule has 144 valence electrons. The highest BCUT2D eigenvalue weighted by molar-refractivity contribution is 14.0. The first-order valence-corrected chi connectivity index (χ1v) is 9.01. The molecule has 1 aliphatic heterocycles. The van der Waals surface area contributed by atoms with Crippen LogP contribution in [0.4, 0.5) is 0 Å². The molecule has 0 spiro atoms. The standard InChI is InChI=1S/C17H27N7O.HI/c1-4-18-17(19-10-14-9-15(12(2)3)23-25-14)24-7-5-13(6-8-24)16-20-11-21-22-16;/h9,11-13H,4-8,10H2,1-3H3,(H,18,19)(H,20,21,22);1H. The summed E-state index contributed by atoms with van der Waals surface area (Å²) in [5.41, 5.74) is 0.975. The second-order valence-electron chi connectivity index (χ2n) is 6.67. The third kappa shape index (κ3) is 5.18. The molecule has 3 heterocycles. The number of rotatable bonds is 5. The van der Waals surface area contributed by atoms with Crippen LogP contribution in [-0.4, -0.2) is 50.8 Å². The first-order valence-electron chi connectivity index (χ1n) is 9.01. The van der Waals surface area contributed by atoms with E-state index in [-0.39, 0.29) is 24.0 Å². The van der Waals surface area contributed by atoms with Crippen molar-refractivity contribution in [2.24, 2.45) is 4.99 Å². The highest BCUT2D eigenvalue weighted by Crippen LogP contribution is 2.25. The summed E-state index contributed by atoms with van der Waals surface area (Å²) in [5, 5.41) is 14.4. The Balaban J connectivity index is 0.00000243. The first-order chi connectivity index (χ1) is 12.2. The van der Waals surface area contributed by atoms with E-state index in [2.05, 4.69) is 51.3 Å². The Kier molecular flexibility index (Phi) is 7.85. The van der Waals surface area contributed by atoms with Crippen LogP contribution < -0.4 is 5.32 Å². The lowest BCUT2D eigenvalue weighted by molar-refractivity contribution is 0.298. The molecule has 0 radical (unpaired) electrons. The van der Waals surface area contributed by atoms with Gasteiger partial charge in [-0.25, -0.2) is 9.98 Å². The monoisotopic (exact) mass is 473 g/mol. The van der Waals surface area contributed by atoms with Gasteiger partial charge in [-0.15, -0.1) is 24.0 Å². The van der Waals surface area contributed by atoms with E-state index in [0.717, 1.165) is 55.7 Å². The Labute approximate surface area is 171 Å². The van der Waals surface area contributed by atoms with E-state index in [1.165, 1.54) is 0 Å². The van der Waals surface area contributed by atoms with E-state index in [4.69, 9.17) is 9.52 Å². The minimum Gasteiger partial charge on any atom is -0.359 e. The summed E-state index contributed by atoms with van der Waals surface area (Å²) in [6.07, 6.45) is 3.66. The summed E-state index contributed by atoms with van der Waals surface area (Å²) < 4.78 is 5.39. The molecule has 2 aromatic heterocycles. The lowest BCUT2D eigenvalue weighted by Gasteiger charge is -2.33. The van der Waals surface area contributed by atoms with E-state index in [9.17, 15) is 0 Å². The number of hydrogen-bond donors (Lipinski definition) is 2. The Morgan fingerprint density at radius 3 is 2.77 bits per heavy atom. The fraction of sp³-hybridized carbons (Fsp3) is 0.647. The lowest BCUT2D eigenvalue weighted by Crippen LogP contribution is -2.45. The van der Waals surface area contributed by atoms with Crippen molar-refractivity contribution in [3.8, 4) is 0 Å². The van der Waals surface area contributed by atoms with Crippen LogP contribution in [0, 0.1) is 0 Å². The van der Waals surface area contributed by atoms with Gasteiger partial charge < -0.3 is 14.7 Å². The van der Waals surface area contributed by atoms with Crippen LogP contribution in [0.15, 0.2) is 21.9 Å². The average Bonchev–Trinajstić information content (AvgIpc) is 3.30. The number of piperidine rings is 1. The lowest BCUT2D eigenvalue weighted by atomic mass is 9.96. The van der Waals surface area contributed by atoms with Gasteiger partial charge in [0.25, 0.3) is 0 Å². The Bertz CT molecular complexity index is 675. The average molecular weight is 473 g/mol. The third-order valence-corrected chi connectivity index (χ3v) is 4.50. The van der Waals surface area contributed by atoms with Crippen molar-refractivity contribution < 1.29 is 4.52 Å². The van der Waals surface area contributed by atoms with Gasteiger partial charge in [-0.05, 0) is 25.7 Å². The molecule has 0 atom stereocenters. The third-order valence-electron chi connectivity index (χ3n) is 4.50. The van der Waals surface area contributed by atoms with Crippen LogP contribution in [0.5, 0.6) is 0 Å². The van der Waals surface area contributed by atoms with Crippen molar-refractivity contribution in [2.45, 2.75) is 52.0 Å². The van der Waals surface area contributed by atoms with Gasteiger partial charge in [-0.1, -0.05) is 19.0 Å². The molecule has 0 bridgehead atoms. The van der Waals surface area contributed by atoms with Gasteiger partial charge in [0, 0.05) is 31.6 Å². The highest BCUT2D eigenvalue weighted by atomic mass is 127. The number of nitrogens with zero attached hydrogens (tertiary/aromatic N) is 5. The zero-order chi connectivity index (χ0) is 17.6. The van der Waals surface area contributed by atoms with Crippen molar-refractivity contribution >= 4 is 29.9 Å². The van der Waals surface area contributed by atoms with Crippen molar-refractivity contribution in [1.29, 1.82) is 0 Å². The molecule has 0 amide bonds. The molecule has 1 aliphatic rings. The molecular formula is C17H28IN7O. The van der Waals surface area contributed by atoms with Crippen LogP contribution in [-0.2, 0) is 6.54 Å². The van der Waals surface area contributed by atoms with E-state index in [1.807, 2.05) is 6.07 Å². The van der Waals surface area contributed by atoms with Crippen LogP contribution >= 0.6 is 24.0 Å². The van der Waals surface area contributed by atoms with E-state index in [1.54, 1.807) is 6.33 Å². The van der Waals surface area contributed by atoms with Crippen molar-refractivity contribution in [1.82, 2.24) is 30.6 Å². The molecule has 0 saturated carbocycles. The van der Waals surface area contributed by atoms with Gasteiger partial charge in [0.1, 0.15) is 18.7 Å². The SMILES string of the molecule is CCNC(=NCc1cc(C(C)C)no1)N1CCC(c2ncn[nH]2)CC1.I. The molecule has 8 nitrogen and oxygen atoms in total. The molecule has 0 unspecified atom stereocenters. The molecule has 9 heteroatoms. The van der Waals surface area contributed by atoms with Crippen LogP contribution in [0.25, 0.3) is 0 Å². The first kappa shape index (κ1) is 20.7. The smallest absolute Gasteiger partial charge is 0.194 e. The molecule has 0 aliphatic carbocycles. The summed E-state index contributed by atoms with van der Waals surface area (Å²) in [5.74, 6) is 3.54. The molecule has 2 aromatic rings. The largest absolute Gasteiger partial charge is 0.359 e. The maximum Gasteiger partial charge on any atom is 0.194 e. The summed E-state index contributed by atoms with van der Waals surface area (Å²) in [4.78, 5) is 11.3. The Morgan fingerprint density at radius 1 is 1.42 bits per heavy atom. The van der Waals surface area contributed by atoms with Crippen molar-refractivity contribution in [3.05, 3.63) is 29.7 Å². The van der Waals surface area contributed by atoms with Gasteiger partial charge >= 0.3 is 0 Å². The number of nitrogens with one attached hydrogen (secondary N) is 2. The highest BCUT2D eigenvalue weighted by Gasteiger charge is 2.24. The van der Waals surface area contributed by atoms with E-state index < -0.39 is 0 Å². The summed E-state index contributed by atoms with van der Waals surface area (Å²) in [6.45, 7) is 9.54. The fourth-order valence-corrected chi connectivity index (χ4v) is 3.03. The van der Waals surface area contributed by atoms with Crippen LogP contribution in [0.1, 0.15) is 62.7 Å². The summed E-state index contributed by atoms with van der Waals surface area (Å²) >= 11 is 0. The molecule has 2 N–H and O–H groups in total. The van der Waals surface area contributed by atoms with E-state index in [0.29, 0.717) is 18.4 Å². The maximum atomic E-state index is 5.39. The minimum absolute atomic E-state index is 0. The van der Waals surface area contributed by atoms with E-state index >= 15 is 0 Å². The maximum absolute atomic E-state index is 5.39. The number of aromatic amines is 1. The predicted octanol–water partition coefficient (Wildman–Crippen LogP) is 2.88. The zero-order valence-corrected chi connectivity index (χ0v) is 17.9. The zero-order valence-electron chi connectivity index (χ0n) is 15.6. The number of aromatic nitrogens is 4. The second-order valence-corrected chi connectivity index (χ2v) is 6.67. The number of aliphatic imine (C=N–C) groups is 1. The number of hydrogen-bond acceptors (Lipinski definition) is 5. The Morgan fingerprint density at radius 2 is 2.19 bits per heavy atom. The number of H-pyrrole nitrogens is 1. The topological polar surface area (TPSA) is 95.2 Å². The molecular weight excluding hydrogens is 445 g/mol. The summed E-state index contributed by atoms with van der Waals surface area (Å²) in [6, 6.07) is 1.99. The molecule has 0 aromatic carbocycles.